The number of benzene rings is 1. The molecule has 1 aromatic carbocycles. The molecule has 3 rings (SSSR count). The van der Waals surface area contributed by atoms with Crippen molar-refractivity contribution in [2.24, 2.45) is 11.7 Å². The van der Waals surface area contributed by atoms with Gasteiger partial charge in [0.1, 0.15) is 0 Å². The molecule has 0 spiro atoms. The average molecular weight is 335 g/mol. The molecule has 1 aliphatic rings. The molecule has 124 valence electrons. The van der Waals surface area contributed by atoms with Crippen molar-refractivity contribution in [2.45, 2.75) is 32.2 Å². The number of hydrogen-bond acceptors (Lipinski definition) is 3. The summed E-state index contributed by atoms with van der Waals surface area (Å²) in [6, 6.07) is 7.72. The van der Waals surface area contributed by atoms with Crippen molar-refractivity contribution in [1.82, 2.24) is 15.1 Å². The second-order valence-corrected chi connectivity index (χ2v) is 6.02. The maximum atomic E-state index is 12.3. The van der Waals surface area contributed by atoms with Crippen LogP contribution in [0.3, 0.4) is 0 Å². The highest BCUT2D eigenvalue weighted by Crippen LogP contribution is 2.24. The van der Waals surface area contributed by atoms with Gasteiger partial charge in [-0.2, -0.15) is 5.10 Å². The molecule has 1 aliphatic carbocycles. The fraction of sp³-hybridized carbons (Fsp3) is 0.412. The van der Waals surface area contributed by atoms with Crippen LogP contribution in [0.25, 0.3) is 5.69 Å². The average Bonchev–Trinajstić information content (AvgIpc) is 3.16. The monoisotopic (exact) mass is 334 g/mol. The third-order valence-corrected chi connectivity index (χ3v) is 4.38. The van der Waals surface area contributed by atoms with Crippen molar-refractivity contribution in [1.29, 1.82) is 0 Å². The summed E-state index contributed by atoms with van der Waals surface area (Å²) in [4.78, 5) is 12.3. The molecular formula is C17H23ClN4O. The van der Waals surface area contributed by atoms with Crippen molar-refractivity contribution in [3.8, 4) is 5.69 Å². The number of nitrogens with one attached hydrogen (secondary N) is 1. The van der Waals surface area contributed by atoms with Crippen molar-refractivity contribution in [2.75, 3.05) is 6.54 Å². The zero-order valence-corrected chi connectivity index (χ0v) is 14.1. The van der Waals surface area contributed by atoms with E-state index in [0.717, 1.165) is 30.5 Å². The van der Waals surface area contributed by atoms with Crippen LogP contribution < -0.4 is 11.1 Å². The van der Waals surface area contributed by atoms with Crippen LogP contribution in [0.2, 0.25) is 0 Å². The Morgan fingerprint density at radius 2 is 2.09 bits per heavy atom. The number of carbonyl (C=O) groups excluding carboxylic acids is 1. The van der Waals surface area contributed by atoms with Gasteiger partial charge < -0.3 is 11.1 Å². The molecule has 2 atom stereocenters. The van der Waals surface area contributed by atoms with E-state index in [-0.39, 0.29) is 24.4 Å². The molecule has 6 heteroatoms. The normalized spacial score (nSPS) is 20.1. The van der Waals surface area contributed by atoms with E-state index in [1.54, 1.807) is 4.68 Å². The number of halogens is 1. The third kappa shape index (κ3) is 3.92. The smallest absolute Gasteiger partial charge is 0.251 e. The van der Waals surface area contributed by atoms with Crippen LogP contribution in [0, 0.1) is 12.8 Å². The highest BCUT2D eigenvalue weighted by Gasteiger charge is 2.27. The summed E-state index contributed by atoms with van der Waals surface area (Å²) in [5, 5.41) is 7.39. The number of aryl methyl sites for hydroxylation is 1. The van der Waals surface area contributed by atoms with Gasteiger partial charge in [-0.1, -0.05) is 6.42 Å². The van der Waals surface area contributed by atoms with Crippen LogP contribution >= 0.6 is 12.4 Å². The molecule has 5 nitrogen and oxygen atoms in total. The lowest BCUT2D eigenvalue weighted by atomic mass is 10.0. The Balaban J connectivity index is 0.00000192. The van der Waals surface area contributed by atoms with Crippen molar-refractivity contribution < 1.29 is 4.79 Å². The molecule has 0 radical (unpaired) electrons. The quantitative estimate of drug-likeness (QED) is 0.902. The standard InChI is InChI=1S/C17H22N4O.ClH/c1-12-10-19-21(11-12)15-7-5-13(6-8-15)17(22)20-16-4-2-3-14(16)9-18;/h5-8,10-11,14,16H,2-4,9,18H2,1H3,(H,20,22);1H. The van der Waals surface area contributed by atoms with Crippen molar-refractivity contribution in [3.63, 3.8) is 0 Å². The number of carbonyl (C=O) groups is 1. The summed E-state index contributed by atoms with van der Waals surface area (Å²) in [7, 11) is 0. The van der Waals surface area contributed by atoms with Gasteiger partial charge >= 0.3 is 0 Å². The van der Waals surface area contributed by atoms with Gasteiger partial charge in [0.25, 0.3) is 5.91 Å². The summed E-state index contributed by atoms with van der Waals surface area (Å²) in [5.41, 5.74) is 8.50. The predicted molar refractivity (Wildman–Crippen MR) is 93.2 cm³/mol. The van der Waals surface area contributed by atoms with Gasteiger partial charge in [-0.15, -0.1) is 12.4 Å². The maximum absolute atomic E-state index is 12.3. The van der Waals surface area contributed by atoms with Crippen LogP contribution in [-0.4, -0.2) is 28.3 Å². The predicted octanol–water partition coefficient (Wildman–Crippen LogP) is 2.46. The van der Waals surface area contributed by atoms with Gasteiger partial charge in [-0.05, 0) is 62.1 Å². The summed E-state index contributed by atoms with van der Waals surface area (Å²) in [6.45, 7) is 2.64. The summed E-state index contributed by atoms with van der Waals surface area (Å²) in [6.07, 6.45) is 7.05. The highest BCUT2D eigenvalue weighted by atomic mass is 35.5. The lowest BCUT2D eigenvalue weighted by molar-refractivity contribution is 0.0929. The number of rotatable bonds is 4. The largest absolute Gasteiger partial charge is 0.349 e. The zero-order chi connectivity index (χ0) is 15.5. The van der Waals surface area contributed by atoms with Crippen LogP contribution in [0.5, 0.6) is 0 Å². The Labute approximate surface area is 142 Å². The minimum absolute atomic E-state index is 0. The van der Waals surface area contributed by atoms with E-state index in [4.69, 9.17) is 5.73 Å². The first-order valence-electron chi connectivity index (χ1n) is 7.80. The molecule has 3 N–H and O–H groups in total. The van der Waals surface area contributed by atoms with Crippen LogP contribution in [0.1, 0.15) is 35.2 Å². The molecule has 0 bridgehead atoms. The van der Waals surface area contributed by atoms with E-state index in [2.05, 4.69) is 10.4 Å². The molecule has 1 fully saturated rings. The summed E-state index contributed by atoms with van der Waals surface area (Å²) >= 11 is 0. The number of hydrogen-bond donors (Lipinski definition) is 2. The Morgan fingerprint density at radius 3 is 2.70 bits per heavy atom. The number of nitrogens with two attached hydrogens (primary N) is 1. The summed E-state index contributed by atoms with van der Waals surface area (Å²) < 4.78 is 1.80. The molecule has 1 heterocycles. The molecule has 0 aliphatic heterocycles. The maximum Gasteiger partial charge on any atom is 0.251 e. The van der Waals surface area contributed by atoms with E-state index in [0.29, 0.717) is 18.0 Å². The van der Waals surface area contributed by atoms with Gasteiger partial charge in [-0.3, -0.25) is 4.79 Å². The van der Waals surface area contributed by atoms with E-state index in [1.807, 2.05) is 43.6 Å². The molecule has 23 heavy (non-hydrogen) atoms. The fourth-order valence-electron chi connectivity index (χ4n) is 3.08. The minimum atomic E-state index is -0.0199. The summed E-state index contributed by atoms with van der Waals surface area (Å²) in [5.74, 6) is 0.392. The van der Waals surface area contributed by atoms with Crippen LogP contribution in [-0.2, 0) is 0 Å². The van der Waals surface area contributed by atoms with Gasteiger partial charge in [0.05, 0.1) is 11.9 Å². The molecule has 2 unspecified atom stereocenters. The molecular weight excluding hydrogens is 312 g/mol. The molecule has 0 saturated heterocycles. The highest BCUT2D eigenvalue weighted by molar-refractivity contribution is 5.94. The fourth-order valence-corrected chi connectivity index (χ4v) is 3.08. The van der Waals surface area contributed by atoms with Gasteiger partial charge in [-0.25, -0.2) is 4.68 Å². The van der Waals surface area contributed by atoms with Gasteiger partial charge in [0.2, 0.25) is 0 Å². The van der Waals surface area contributed by atoms with Crippen molar-refractivity contribution in [3.05, 3.63) is 47.8 Å². The number of aromatic nitrogens is 2. The lowest BCUT2D eigenvalue weighted by Gasteiger charge is -2.19. The van der Waals surface area contributed by atoms with Gasteiger partial charge in [0, 0.05) is 17.8 Å². The van der Waals surface area contributed by atoms with Crippen molar-refractivity contribution >= 4 is 18.3 Å². The first kappa shape index (κ1) is 17.5. The van der Waals surface area contributed by atoms with E-state index >= 15 is 0 Å². The third-order valence-electron chi connectivity index (χ3n) is 4.38. The zero-order valence-electron chi connectivity index (χ0n) is 13.2. The molecule has 2 aromatic rings. The molecule has 1 saturated carbocycles. The second kappa shape index (κ2) is 7.62. The molecule has 1 amide bonds. The lowest BCUT2D eigenvalue weighted by Crippen LogP contribution is -2.39. The Morgan fingerprint density at radius 1 is 1.35 bits per heavy atom. The molecule has 1 aromatic heterocycles. The minimum Gasteiger partial charge on any atom is -0.349 e. The van der Waals surface area contributed by atoms with Crippen LogP contribution in [0.15, 0.2) is 36.7 Å². The SMILES string of the molecule is Cc1cnn(-c2ccc(C(=O)NC3CCCC3CN)cc2)c1.Cl. The Bertz CT molecular complexity index is 653. The second-order valence-electron chi connectivity index (χ2n) is 6.02. The van der Waals surface area contributed by atoms with E-state index in [1.165, 1.54) is 0 Å². The Kier molecular flexibility index (Phi) is 5.80. The number of amides is 1. The Hall–Kier alpha value is -1.85. The van der Waals surface area contributed by atoms with E-state index in [9.17, 15) is 4.79 Å². The topological polar surface area (TPSA) is 72.9 Å². The van der Waals surface area contributed by atoms with Crippen LogP contribution in [0.4, 0.5) is 0 Å². The van der Waals surface area contributed by atoms with E-state index < -0.39 is 0 Å². The number of nitrogens with zero attached hydrogens (tertiary/aromatic N) is 2. The first-order valence-corrected chi connectivity index (χ1v) is 7.80. The first-order chi connectivity index (χ1) is 10.7. The van der Waals surface area contributed by atoms with Gasteiger partial charge in [0.15, 0.2) is 0 Å².